The van der Waals surface area contributed by atoms with Crippen LogP contribution in [0.4, 0.5) is 17.6 Å². The maximum atomic E-state index is 5.34. The topological polar surface area (TPSA) is 84.9 Å². The number of hydrogen-bond donors (Lipinski definition) is 2. The average Bonchev–Trinajstić information content (AvgIpc) is 2.67. The summed E-state index contributed by atoms with van der Waals surface area (Å²) in [7, 11) is 0. The first kappa shape index (κ1) is 16.8. The van der Waals surface area contributed by atoms with E-state index in [0.29, 0.717) is 37.5 Å². The second kappa shape index (κ2) is 8.70. The molecule has 0 unspecified atom stereocenters. The van der Waals surface area contributed by atoms with Gasteiger partial charge in [-0.25, -0.2) is 0 Å². The fourth-order valence-corrected chi connectivity index (χ4v) is 2.17. The Morgan fingerprint density at radius 2 is 1.72 bits per heavy atom. The van der Waals surface area contributed by atoms with Gasteiger partial charge in [0.05, 0.1) is 6.61 Å². The van der Waals surface area contributed by atoms with Gasteiger partial charge in [-0.3, -0.25) is 4.98 Å². The van der Waals surface area contributed by atoms with Crippen molar-refractivity contribution in [1.29, 1.82) is 0 Å². The monoisotopic (exact) mass is 340 g/mol. The van der Waals surface area contributed by atoms with E-state index in [2.05, 4.69) is 30.6 Å². The normalized spacial score (nSPS) is 10.4. The smallest absolute Gasteiger partial charge is 0.232 e. The van der Waals surface area contributed by atoms with Crippen molar-refractivity contribution in [2.45, 2.75) is 6.92 Å². The Kier molecular flexibility index (Phi) is 5.84. The number of nitrogens with zero attached hydrogens (tertiary/aromatic N) is 4. The molecule has 3 aromatic rings. The number of ether oxygens (including phenoxy) is 1. The molecule has 2 N–H and O–H groups in total. The van der Waals surface area contributed by atoms with Crippen LogP contribution in [0.15, 0.2) is 54.9 Å². The summed E-state index contributed by atoms with van der Waals surface area (Å²) in [6.45, 7) is 3.87. The fourth-order valence-electron chi connectivity index (χ4n) is 2.17. The van der Waals surface area contributed by atoms with Crippen LogP contribution in [0.2, 0.25) is 0 Å². The molecule has 0 saturated carbocycles. The molecule has 0 bridgehead atoms. The standard InChI is InChI=1S/C18H20N6O.2H2/c1-2-25-13-12-20-17-22-16(14-6-4-3-5-7-14)23-18(24-17)21-15-8-10-19-11-9-15;;/h3-11H,2,12-13H2,1H3,(H2,19,20,21,22,23,24);2*1H. The molecule has 7 nitrogen and oxygen atoms in total. The van der Waals surface area contributed by atoms with E-state index in [-0.39, 0.29) is 2.85 Å². The zero-order valence-corrected chi connectivity index (χ0v) is 14.0. The van der Waals surface area contributed by atoms with Gasteiger partial charge in [0, 0.05) is 39.6 Å². The number of rotatable bonds is 8. The van der Waals surface area contributed by atoms with Crippen LogP contribution in [0.3, 0.4) is 0 Å². The molecule has 0 radical (unpaired) electrons. The van der Waals surface area contributed by atoms with Crippen molar-refractivity contribution in [2.24, 2.45) is 0 Å². The fraction of sp³-hybridized carbons (Fsp3) is 0.222. The maximum absolute atomic E-state index is 5.34. The quantitative estimate of drug-likeness (QED) is 0.606. The van der Waals surface area contributed by atoms with Crippen molar-refractivity contribution in [2.75, 3.05) is 30.4 Å². The van der Waals surface area contributed by atoms with Gasteiger partial charge in [-0.15, -0.1) is 0 Å². The number of hydrogen-bond acceptors (Lipinski definition) is 7. The molecule has 0 saturated heterocycles. The van der Waals surface area contributed by atoms with E-state index in [4.69, 9.17) is 4.74 Å². The minimum atomic E-state index is 0. The number of nitrogens with one attached hydrogen (secondary N) is 2. The van der Waals surface area contributed by atoms with Crippen molar-refractivity contribution in [3.8, 4) is 11.4 Å². The van der Waals surface area contributed by atoms with Crippen LogP contribution in [-0.4, -0.2) is 39.7 Å². The molecule has 0 fully saturated rings. The summed E-state index contributed by atoms with van der Waals surface area (Å²) in [6.07, 6.45) is 3.42. The molecule has 2 aromatic heterocycles. The summed E-state index contributed by atoms with van der Waals surface area (Å²) >= 11 is 0. The Morgan fingerprint density at radius 3 is 2.48 bits per heavy atom. The van der Waals surface area contributed by atoms with E-state index in [9.17, 15) is 0 Å². The summed E-state index contributed by atoms with van der Waals surface area (Å²) in [5, 5.41) is 6.36. The Bertz CT molecular complexity index is 792. The minimum absolute atomic E-state index is 0. The van der Waals surface area contributed by atoms with E-state index in [1.165, 1.54) is 0 Å². The van der Waals surface area contributed by atoms with E-state index in [1.807, 2.05) is 49.4 Å². The van der Waals surface area contributed by atoms with Crippen molar-refractivity contribution in [3.05, 3.63) is 54.9 Å². The van der Waals surface area contributed by atoms with Crippen molar-refractivity contribution < 1.29 is 7.59 Å². The van der Waals surface area contributed by atoms with Gasteiger partial charge in [0.25, 0.3) is 0 Å². The molecule has 7 heteroatoms. The average molecular weight is 340 g/mol. The molecule has 1 aromatic carbocycles. The molecular weight excluding hydrogens is 316 g/mol. The molecule has 0 spiro atoms. The molecule has 0 aliphatic rings. The van der Waals surface area contributed by atoms with Crippen LogP contribution >= 0.6 is 0 Å². The number of anilines is 3. The number of aromatic nitrogens is 4. The van der Waals surface area contributed by atoms with E-state index in [0.717, 1.165) is 11.3 Å². The van der Waals surface area contributed by atoms with Crippen LogP contribution in [0.5, 0.6) is 0 Å². The maximum Gasteiger partial charge on any atom is 0.232 e. The third-order valence-corrected chi connectivity index (χ3v) is 3.34. The minimum Gasteiger partial charge on any atom is -0.380 e. The third-order valence-electron chi connectivity index (χ3n) is 3.34. The Labute approximate surface area is 149 Å². The van der Waals surface area contributed by atoms with Crippen LogP contribution < -0.4 is 10.6 Å². The van der Waals surface area contributed by atoms with Gasteiger partial charge in [0.15, 0.2) is 5.82 Å². The predicted molar refractivity (Wildman–Crippen MR) is 102 cm³/mol. The zero-order chi connectivity index (χ0) is 17.3. The lowest BCUT2D eigenvalue weighted by Gasteiger charge is -2.10. The highest BCUT2D eigenvalue weighted by Crippen LogP contribution is 2.19. The summed E-state index contributed by atoms with van der Waals surface area (Å²) in [4.78, 5) is 17.5. The van der Waals surface area contributed by atoms with Crippen LogP contribution in [0, 0.1) is 0 Å². The Balaban J connectivity index is 0.00000182. The second-order valence-electron chi connectivity index (χ2n) is 5.16. The van der Waals surface area contributed by atoms with Crippen molar-refractivity contribution in [3.63, 3.8) is 0 Å². The summed E-state index contributed by atoms with van der Waals surface area (Å²) in [6, 6.07) is 13.5. The molecule has 0 amide bonds. The molecule has 0 atom stereocenters. The Morgan fingerprint density at radius 1 is 0.960 bits per heavy atom. The summed E-state index contributed by atoms with van der Waals surface area (Å²) < 4.78 is 5.34. The van der Waals surface area contributed by atoms with Gasteiger partial charge in [-0.1, -0.05) is 30.3 Å². The highest BCUT2D eigenvalue weighted by atomic mass is 16.5. The van der Waals surface area contributed by atoms with Gasteiger partial charge in [0.2, 0.25) is 11.9 Å². The lowest BCUT2D eigenvalue weighted by Crippen LogP contribution is -2.13. The molecule has 0 aliphatic heterocycles. The number of benzene rings is 1. The van der Waals surface area contributed by atoms with E-state index >= 15 is 0 Å². The van der Waals surface area contributed by atoms with Crippen LogP contribution in [-0.2, 0) is 4.74 Å². The van der Waals surface area contributed by atoms with Crippen LogP contribution in [0.1, 0.15) is 9.78 Å². The summed E-state index contributed by atoms with van der Waals surface area (Å²) in [5.74, 6) is 1.58. The summed E-state index contributed by atoms with van der Waals surface area (Å²) in [5.41, 5.74) is 1.79. The predicted octanol–water partition coefficient (Wildman–Crippen LogP) is 3.62. The van der Waals surface area contributed by atoms with Gasteiger partial charge in [-0.2, -0.15) is 15.0 Å². The first-order chi connectivity index (χ1) is 12.3. The highest BCUT2D eigenvalue weighted by molar-refractivity contribution is 5.60. The van der Waals surface area contributed by atoms with Gasteiger partial charge in [0.1, 0.15) is 0 Å². The molecule has 25 heavy (non-hydrogen) atoms. The number of pyridine rings is 1. The largest absolute Gasteiger partial charge is 0.380 e. The van der Waals surface area contributed by atoms with Crippen molar-refractivity contribution >= 4 is 17.6 Å². The first-order valence-corrected chi connectivity index (χ1v) is 8.15. The molecule has 132 valence electrons. The SMILES string of the molecule is CCOCCNc1nc(Nc2ccncc2)nc(-c2ccccc2)n1.[HH].[HH]. The van der Waals surface area contributed by atoms with Gasteiger partial charge >= 0.3 is 0 Å². The second-order valence-corrected chi connectivity index (χ2v) is 5.16. The lowest BCUT2D eigenvalue weighted by molar-refractivity contribution is 0.158. The zero-order valence-electron chi connectivity index (χ0n) is 14.0. The van der Waals surface area contributed by atoms with Gasteiger partial charge < -0.3 is 15.4 Å². The Hall–Kier alpha value is -3.06. The van der Waals surface area contributed by atoms with Gasteiger partial charge in [-0.05, 0) is 19.1 Å². The van der Waals surface area contributed by atoms with Crippen LogP contribution in [0.25, 0.3) is 11.4 Å². The molecule has 3 rings (SSSR count). The molecular formula is C18H24N6O. The molecule has 2 heterocycles. The van der Waals surface area contributed by atoms with E-state index < -0.39 is 0 Å². The van der Waals surface area contributed by atoms with E-state index in [1.54, 1.807) is 12.4 Å². The highest BCUT2D eigenvalue weighted by Gasteiger charge is 2.08. The molecule has 0 aliphatic carbocycles. The first-order valence-electron chi connectivity index (χ1n) is 8.15. The van der Waals surface area contributed by atoms with Crippen molar-refractivity contribution in [1.82, 2.24) is 19.9 Å². The third kappa shape index (κ3) is 4.95. The lowest BCUT2D eigenvalue weighted by atomic mass is 10.2.